The molecule has 2 aromatic rings. The minimum atomic E-state index is -0.150. The number of fused-ring (bicyclic) bond motifs is 1. The Hall–Kier alpha value is -0.580. The largest absolute Gasteiger partial charge is 0.284 e. The maximum atomic E-state index is 13.4. The maximum Gasteiger partial charge on any atom is 0.148 e. The summed E-state index contributed by atoms with van der Waals surface area (Å²) in [7, 11) is 0. The highest BCUT2D eigenvalue weighted by atomic mass is 127. The van der Waals surface area contributed by atoms with Gasteiger partial charge in [0, 0.05) is 11.1 Å². The summed E-state index contributed by atoms with van der Waals surface area (Å²) in [6.07, 6.45) is 0. The van der Waals surface area contributed by atoms with E-state index in [1.165, 1.54) is 6.07 Å². The number of rotatable bonds is 0. The number of halogens is 2. The zero-order valence-corrected chi connectivity index (χ0v) is 9.59. The fourth-order valence-corrected chi connectivity index (χ4v) is 2.14. The van der Waals surface area contributed by atoms with Crippen LogP contribution in [0.1, 0.15) is 11.3 Å². The highest BCUT2D eigenvalue weighted by Gasteiger charge is 2.09. The van der Waals surface area contributed by atoms with Gasteiger partial charge in [-0.05, 0) is 31.5 Å². The van der Waals surface area contributed by atoms with Gasteiger partial charge in [0.25, 0.3) is 0 Å². The Kier molecular flexibility index (Phi) is 2.06. The normalized spacial score (nSPS) is 11.1. The van der Waals surface area contributed by atoms with Crippen molar-refractivity contribution in [3.8, 4) is 0 Å². The number of hydrogen-bond donors (Lipinski definition) is 0. The van der Waals surface area contributed by atoms with E-state index in [4.69, 9.17) is 0 Å². The molecule has 0 aliphatic rings. The van der Waals surface area contributed by atoms with Crippen LogP contribution in [0.4, 0.5) is 4.39 Å². The van der Waals surface area contributed by atoms with Gasteiger partial charge in [0.2, 0.25) is 0 Å². The van der Waals surface area contributed by atoms with Crippen molar-refractivity contribution in [3.05, 3.63) is 35.3 Å². The first-order valence-corrected chi connectivity index (χ1v) is 5.01. The molecule has 1 aromatic heterocycles. The molecule has 0 radical (unpaired) electrons. The van der Waals surface area contributed by atoms with Gasteiger partial charge in [0.05, 0.1) is 28.4 Å². The smallest absolute Gasteiger partial charge is 0.148 e. The number of nitrogens with zero attached hydrogens (tertiary/aromatic N) is 1. The second-order valence-electron chi connectivity index (χ2n) is 3.19. The summed E-state index contributed by atoms with van der Waals surface area (Å²) in [4.78, 5) is 0. The zero-order valence-electron chi connectivity index (χ0n) is 7.44. The summed E-state index contributed by atoms with van der Waals surface area (Å²) >= 11 is 2.12. The summed E-state index contributed by atoms with van der Waals surface area (Å²) in [5.41, 5.74) is 2.89. The first-order chi connectivity index (χ1) is 6.11. The number of aryl methyl sites for hydroxylation is 2. The molecule has 1 aromatic carbocycles. The predicted molar refractivity (Wildman–Crippen MR) is 60.8 cm³/mol. The molecular weight excluding hydrogens is 280 g/mol. The van der Waals surface area contributed by atoms with E-state index in [-0.39, 0.29) is 5.82 Å². The fourth-order valence-electron chi connectivity index (χ4n) is 1.51. The van der Waals surface area contributed by atoms with Crippen LogP contribution in [0.5, 0.6) is 0 Å². The van der Waals surface area contributed by atoms with Crippen LogP contribution in [0.3, 0.4) is 0 Å². The summed E-state index contributed by atoms with van der Waals surface area (Å²) in [6, 6.07) is 5.35. The zero-order chi connectivity index (χ0) is 9.59. The molecule has 0 atom stereocenters. The van der Waals surface area contributed by atoms with E-state index in [0.29, 0.717) is 5.52 Å². The highest BCUT2D eigenvalue weighted by Crippen LogP contribution is 2.26. The lowest BCUT2D eigenvalue weighted by Gasteiger charge is -1.99. The van der Waals surface area contributed by atoms with Gasteiger partial charge in [-0.2, -0.15) is 0 Å². The van der Waals surface area contributed by atoms with E-state index in [1.54, 1.807) is 0 Å². The third kappa shape index (κ3) is 1.25. The molecule has 0 amide bonds. The molecule has 0 N–H and O–H groups in total. The van der Waals surface area contributed by atoms with Gasteiger partial charge in [-0.1, -0.05) is 6.07 Å². The quantitative estimate of drug-likeness (QED) is 0.653. The van der Waals surface area contributed by atoms with Gasteiger partial charge in [-0.3, -0.25) is 2.78 Å². The standard InChI is InChI=1S/C10H9FIN/c1-6-3-4-9(11)10-8(6)5-7(2)13(10)12/h3-5H,1-2H3. The van der Waals surface area contributed by atoms with Crippen molar-refractivity contribution in [1.29, 1.82) is 0 Å². The number of hydrogen-bond acceptors (Lipinski definition) is 0. The lowest BCUT2D eigenvalue weighted by molar-refractivity contribution is 0.636. The molecule has 0 saturated heterocycles. The van der Waals surface area contributed by atoms with Gasteiger partial charge in [-0.25, -0.2) is 4.39 Å². The first kappa shape index (κ1) is 8.99. The van der Waals surface area contributed by atoms with Crippen LogP contribution in [0.2, 0.25) is 0 Å². The van der Waals surface area contributed by atoms with Crippen LogP contribution in [-0.2, 0) is 0 Å². The lowest BCUT2D eigenvalue weighted by Crippen LogP contribution is -1.85. The molecule has 68 valence electrons. The SMILES string of the molecule is Cc1ccc(F)c2c1cc(C)n2I. The van der Waals surface area contributed by atoms with E-state index >= 15 is 0 Å². The van der Waals surface area contributed by atoms with Crippen LogP contribution in [0.15, 0.2) is 18.2 Å². The lowest BCUT2D eigenvalue weighted by atomic mass is 10.1. The first-order valence-electron chi connectivity index (χ1n) is 4.04. The van der Waals surface area contributed by atoms with Crippen LogP contribution in [0.25, 0.3) is 10.9 Å². The topological polar surface area (TPSA) is 4.93 Å². The van der Waals surface area contributed by atoms with Gasteiger partial charge in [-0.15, -0.1) is 0 Å². The monoisotopic (exact) mass is 289 g/mol. The van der Waals surface area contributed by atoms with Crippen molar-refractivity contribution >= 4 is 33.8 Å². The summed E-state index contributed by atoms with van der Waals surface area (Å²) in [6.45, 7) is 3.98. The third-order valence-corrected chi connectivity index (χ3v) is 3.49. The number of benzene rings is 1. The van der Waals surface area contributed by atoms with E-state index < -0.39 is 0 Å². The Balaban J connectivity index is 3.00. The Morgan fingerprint density at radius 2 is 2.00 bits per heavy atom. The van der Waals surface area contributed by atoms with E-state index in [2.05, 4.69) is 22.9 Å². The molecular formula is C10H9FIN. The molecule has 0 aliphatic heterocycles. The van der Waals surface area contributed by atoms with Crippen molar-refractivity contribution in [2.75, 3.05) is 0 Å². The van der Waals surface area contributed by atoms with Crippen molar-refractivity contribution in [3.63, 3.8) is 0 Å². The van der Waals surface area contributed by atoms with Gasteiger partial charge in [0.15, 0.2) is 0 Å². The Morgan fingerprint density at radius 3 is 2.62 bits per heavy atom. The average molecular weight is 289 g/mol. The van der Waals surface area contributed by atoms with Gasteiger partial charge in [0.1, 0.15) is 5.82 Å². The molecule has 3 heteroatoms. The van der Waals surface area contributed by atoms with Gasteiger partial charge < -0.3 is 0 Å². The molecule has 0 bridgehead atoms. The minimum Gasteiger partial charge on any atom is -0.284 e. The predicted octanol–water partition coefficient (Wildman–Crippen LogP) is 3.60. The molecule has 1 nitrogen and oxygen atoms in total. The summed E-state index contributed by atoms with van der Waals surface area (Å²) in [5, 5.41) is 1.01. The molecule has 0 spiro atoms. The molecule has 0 unspecified atom stereocenters. The van der Waals surface area contributed by atoms with Crippen LogP contribution in [0, 0.1) is 19.7 Å². The maximum absolute atomic E-state index is 13.4. The average Bonchev–Trinajstić information content (AvgIpc) is 2.38. The van der Waals surface area contributed by atoms with Crippen molar-refractivity contribution in [1.82, 2.24) is 2.78 Å². The summed E-state index contributed by atoms with van der Waals surface area (Å²) in [5.74, 6) is -0.150. The fraction of sp³-hybridized carbons (Fsp3) is 0.200. The molecule has 0 saturated carbocycles. The molecule has 13 heavy (non-hydrogen) atoms. The molecule has 2 rings (SSSR count). The van der Waals surface area contributed by atoms with Crippen LogP contribution >= 0.6 is 22.9 Å². The number of aromatic nitrogens is 1. The van der Waals surface area contributed by atoms with Crippen LogP contribution < -0.4 is 0 Å². The van der Waals surface area contributed by atoms with Crippen molar-refractivity contribution in [2.45, 2.75) is 13.8 Å². The highest BCUT2D eigenvalue weighted by molar-refractivity contribution is 14.1. The van der Waals surface area contributed by atoms with Gasteiger partial charge >= 0.3 is 0 Å². The second-order valence-corrected chi connectivity index (χ2v) is 4.16. The molecule has 0 fully saturated rings. The summed E-state index contributed by atoms with van der Waals surface area (Å²) < 4.78 is 15.3. The van der Waals surface area contributed by atoms with E-state index in [9.17, 15) is 4.39 Å². The van der Waals surface area contributed by atoms with E-state index in [0.717, 1.165) is 16.6 Å². The van der Waals surface area contributed by atoms with Crippen molar-refractivity contribution < 1.29 is 4.39 Å². The van der Waals surface area contributed by atoms with Crippen LogP contribution in [-0.4, -0.2) is 2.78 Å². The minimum absolute atomic E-state index is 0.150. The molecule has 0 aliphatic carbocycles. The Bertz CT molecular complexity index is 473. The van der Waals surface area contributed by atoms with E-state index in [1.807, 2.05) is 28.8 Å². The third-order valence-electron chi connectivity index (χ3n) is 2.25. The Morgan fingerprint density at radius 1 is 1.31 bits per heavy atom. The molecule has 1 heterocycles. The van der Waals surface area contributed by atoms with Crippen molar-refractivity contribution in [2.24, 2.45) is 0 Å². The second kappa shape index (κ2) is 2.97. The Labute approximate surface area is 90.0 Å².